The second-order valence-corrected chi connectivity index (χ2v) is 10.1. The number of hydrogen-bond acceptors (Lipinski definition) is 6. The van der Waals surface area contributed by atoms with Crippen LogP contribution in [0.25, 0.3) is 5.69 Å². The van der Waals surface area contributed by atoms with Crippen molar-refractivity contribution in [2.75, 3.05) is 7.05 Å². The van der Waals surface area contributed by atoms with Crippen molar-refractivity contribution in [1.82, 2.24) is 14.7 Å². The molecule has 2 aromatic carbocycles. The second-order valence-electron chi connectivity index (χ2n) is 10.1. The number of aliphatic carboxylic acids is 1. The van der Waals surface area contributed by atoms with Gasteiger partial charge in [0.1, 0.15) is 5.82 Å². The van der Waals surface area contributed by atoms with Gasteiger partial charge in [-0.15, -0.1) is 0 Å². The van der Waals surface area contributed by atoms with Crippen LogP contribution in [0.3, 0.4) is 0 Å². The van der Waals surface area contributed by atoms with E-state index in [-0.39, 0.29) is 30.4 Å². The number of rotatable bonds is 12. The predicted molar refractivity (Wildman–Crippen MR) is 139 cm³/mol. The summed E-state index contributed by atoms with van der Waals surface area (Å²) < 4.78 is 15.3. The molecule has 2 N–H and O–H groups in total. The molecule has 3 rings (SSSR count). The van der Waals surface area contributed by atoms with Crippen molar-refractivity contribution in [2.24, 2.45) is 0 Å². The maximum absolute atomic E-state index is 13.7. The third-order valence-corrected chi connectivity index (χ3v) is 6.38. The van der Waals surface area contributed by atoms with Crippen molar-refractivity contribution in [3.63, 3.8) is 0 Å². The molecule has 0 spiro atoms. The molecule has 0 aliphatic rings. The number of amides is 1. The third kappa shape index (κ3) is 7.49. The molecule has 0 saturated carbocycles. The van der Waals surface area contributed by atoms with Gasteiger partial charge in [0.05, 0.1) is 17.9 Å². The van der Waals surface area contributed by atoms with Crippen LogP contribution < -0.4 is 5.11 Å². The first-order valence-electron chi connectivity index (χ1n) is 12.7. The lowest BCUT2D eigenvalue weighted by molar-refractivity contribution is -0.307. The van der Waals surface area contributed by atoms with E-state index in [1.807, 2.05) is 45.0 Å². The highest BCUT2D eigenvalue weighted by atomic mass is 19.1. The van der Waals surface area contributed by atoms with Crippen molar-refractivity contribution in [2.45, 2.75) is 71.1 Å². The quantitative estimate of drug-likeness (QED) is 0.376. The highest BCUT2D eigenvalue weighted by Gasteiger charge is 2.28. The zero-order valence-electron chi connectivity index (χ0n) is 22.2. The van der Waals surface area contributed by atoms with Gasteiger partial charge in [0.2, 0.25) is 0 Å². The van der Waals surface area contributed by atoms with Crippen LogP contribution in [0.4, 0.5) is 4.39 Å². The number of aliphatic hydroxyl groups excluding tert-OH is 2. The Bertz CT molecular complexity index is 1260. The highest BCUT2D eigenvalue weighted by molar-refractivity contribution is 5.94. The van der Waals surface area contributed by atoms with E-state index in [9.17, 15) is 29.3 Å². The molecule has 204 valence electrons. The average molecular weight is 525 g/mol. The summed E-state index contributed by atoms with van der Waals surface area (Å²) in [5, 5.41) is 35.8. The smallest absolute Gasteiger partial charge is 0.274 e. The Labute approximate surface area is 222 Å². The van der Waals surface area contributed by atoms with Crippen molar-refractivity contribution in [3.8, 4) is 5.69 Å². The van der Waals surface area contributed by atoms with Gasteiger partial charge in [-0.1, -0.05) is 43.7 Å². The summed E-state index contributed by atoms with van der Waals surface area (Å²) in [6.45, 7) is 6.29. The molecule has 3 aromatic rings. The molecule has 0 saturated heterocycles. The molecule has 38 heavy (non-hydrogen) atoms. The van der Waals surface area contributed by atoms with Crippen molar-refractivity contribution in [1.29, 1.82) is 0 Å². The van der Waals surface area contributed by atoms with Crippen molar-refractivity contribution < 1.29 is 29.3 Å². The number of carboxylic acids is 1. The fourth-order valence-electron chi connectivity index (χ4n) is 4.61. The number of aromatic nitrogens is 2. The Morgan fingerprint density at radius 2 is 1.79 bits per heavy atom. The molecule has 0 radical (unpaired) electrons. The fourth-order valence-corrected chi connectivity index (χ4v) is 4.61. The van der Waals surface area contributed by atoms with Gasteiger partial charge in [0, 0.05) is 37.2 Å². The third-order valence-electron chi connectivity index (χ3n) is 6.38. The minimum Gasteiger partial charge on any atom is -0.550 e. The summed E-state index contributed by atoms with van der Waals surface area (Å²) >= 11 is 0. The molecule has 0 fully saturated rings. The Balaban J connectivity index is 1.95. The topological polar surface area (TPSA) is 119 Å². The molecule has 8 nitrogen and oxygen atoms in total. The molecule has 0 bridgehead atoms. The van der Waals surface area contributed by atoms with Crippen molar-refractivity contribution >= 4 is 11.9 Å². The van der Waals surface area contributed by atoms with Crippen LogP contribution in [0, 0.1) is 12.7 Å². The minimum absolute atomic E-state index is 0.0914. The lowest BCUT2D eigenvalue weighted by Crippen LogP contribution is -2.29. The van der Waals surface area contributed by atoms with E-state index in [1.54, 1.807) is 28.8 Å². The molecule has 1 aromatic heterocycles. The van der Waals surface area contributed by atoms with Gasteiger partial charge in [0.25, 0.3) is 5.91 Å². The molecule has 0 aliphatic heterocycles. The lowest BCUT2D eigenvalue weighted by Gasteiger charge is -2.19. The van der Waals surface area contributed by atoms with Gasteiger partial charge >= 0.3 is 0 Å². The molecule has 2 atom stereocenters. The van der Waals surface area contributed by atoms with Crippen LogP contribution in [0.5, 0.6) is 0 Å². The first-order chi connectivity index (χ1) is 18.0. The van der Waals surface area contributed by atoms with Crippen LogP contribution in [0.2, 0.25) is 0 Å². The van der Waals surface area contributed by atoms with Crippen LogP contribution in [0.1, 0.15) is 71.9 Å². The Morgan fingerprint density at radius 3 is 2.39 bits per heavy atom. The summed E-state index contributed by atoms with van der Waals surface area (Å²) in [4.78, 5) is 26.0. The number of aliphatic hydroxyl groups is 2. The average Bonchev–Trinajstić information content (AvgIpc) is 3.22. The standard InChI is InChI=1S/C29H36FN3O5/c1-18(2)27-25(13-12-23(34)15-24(35)16-26(36)37)33(22-10-8-21(30)9-11-22)31-28(27)29(38)32(4)17-20-7-5-6-19(3)14-20/h5-11,14,18,23-24,34-35H,12-13,15-17H2,1-4H3,(H,36,37)/p-1/t23-,24-/m1/s1. The van der Waals surface area contributed by atoms with E-state index in [4.69, 9.17) is 0 Å². The molecule has 0 unspecified atom stereocenters. The number of hydrogen-bond donors (Lipinski definition) is 2. The summed E-state index contributed by atoms with van der Waals surface area (Å²) in [5.74, 6) is -2.15. The van der Waals surface area contributed by atoms with E-state index in [1.165, 1.54) is 12.1 Å². The summed E-state index contributed by atoms with van der Waals surface area (Å²) in [6.07, 6.45) is -2.40. The van der Waals surface area contributed by atoms with Gasteiger partial charge in [0.15, 0.2) is 5.69 Å². The number of halogens is 1. The zero-order chi connectivity index (χ0) is 28.0. The van der Waals surface area contributed by atoms with E-state index in [2.05, 4.69) is 5.10 Å². The molecular formula is C29H35FN3O5-. The number of benzene rings is 2. The van der Waals surface area contributed by atoms with Crippen LogP contribution in [0.15, 0.2) is 48.5 Å². The molecule has 1 amide bonds. The largest absolute Gasteiger partial charge is 0.550 e. The van der Waals surface area contributed by atoms with Gasteiger partial charge in [-0.2, -0.15) is 5.10 Å². The monoisotopic (exact) mass is 524 g/mol. The molecule has 0 aliphatic carbocycles. The Kier molecular flexibility index (Phi) is 9.77. The number of aryl methyl sites for hydroxylation is 1. The van der Waals surface area contributed by atoms with Gasteiger partial charge in [-0.05, 0) is 61.9 Å². The summed E-state index contributed by atoms with van der Waals surface area (Å²) in [6, 6.07) is 13.7. The second kappa shape index (κ2) is 12.8. The van der Waals surface area contributed by atoms with E-state index < -0.39 is 30.4 Å². The van der Waals surface area contributed by atoms with E-state index in [0.29, 0.717) is 24.3 Å². The number of carbonyl (C=O) groups is 2. The minimum atomic E-state index is -1.39. The first-order valence-corrected chi connectivity index (χ1v) is 12.7. The van der Waals surface area contributed by atoms with E-state index >= 15 is 0 Å². The molecule has 9 heteroatoms. The number of carboxylic acid groups (broad SMARTS) is 1. The maximum Gasteiger partial charge on any atom is 0.274 e. The number of nitrogens with zero attached hydrogens (tertiary/aromatic N) is 3. The van der Waals surface area contributed by atoms with Crippen LogP contribution in [-0.4, -0.2) is 56.0 Å². The normalized spacial score (nSPS) is 12.9. The highest BCUT2D eigenvalue weighted by Crippen LogP contribution is 2.29. The zero-order valence-corrected chi connectivity index (χ0v) is 22.2. The van der Waals surface area contributed by atoms with Gasteiger partial charge in [-0.3, -0.25) is 4.79 Å². The molecular weight excluding hydrogens is 489 g/mol. The molecule has 1 heterocycles. The van der Waals surface area contributed by atoms with Gasteiger partial charge in [-0.25, -0.2) is 9.07 Å². The van der Waals surface area contributed by atoms with Crippen LogP contribution >= 0.6 is 0 Å². The van der Waals surface area contributed by atoms with E-state index in [0.717, 1.165) is 16.7 Å². The van der Waals surface area contributed by atoms with Crippen molar-refractivity contribution in [3.05, 3.63) is 82.4 Å². The summed E-state index contributed by atoms with van der Waals surface area (Å²) in [5.41, 5.74) is 4.34. The van der Waals surface area contributed by atoms with Crippen LogP contribution in [-0.2, 0) is 17.8 Å². The number of carbonyl (C=O) groups excluding carboxylic acids is 2. The fraction of sp³-hybridized carbons (Fsp3) is 0.414. The Morgan fingerprint density at radius 1 is 1.11 bits per heavy atom. The predicted octanol–water partition coefficient (Wildman–Crippen LogP) is 2.90. The Hall–Kier alpha value is -3.56. The van der Waals surface area contributed by atoms with Gasteiger partial charge < -0.3 is 25.0 Å². The lowest BCUT2D eigenvalue weighted by atomic mass is 9.95. The maximum atomic E-state index is 13.7. The first kappa shape index (κ1) is 29.0. The SMILES string of the molecule is Cc1cccc(CN(C)C(=O)c2nn(-c3ccc(F)cc3)c(CC[C@@H](O)C[C@@H](O)CC(=O)[O-])c2C(C)C)c1. The summed E-state index contributed by atoms with van der Waals surface area (Å²) in [7, 11) is 1.72.